The van der Waals surface area contributed by atoms with Crippen molar-refractivity contribution in [2.75, 3.05) is 0 Å². The van der Waals surface area contributed by atoms with Crippen LogP contribution in [0.25, 0.3) is 71.5 Å². The Labute approximate surface area is 253 Å². The lowest BCUT2D eigenvalue weighted by Gasteiger charge is -2.34. The standard InChI is InChI=1S/C37H23N7/c1-37(2)28-8-5-6-9-30(28)44-31-10-7-19-40-32(31)27-20-24(21-29(37)33(27)44)36-42-34(22-11-15-25(38-3)16-12-22)41-35(43-36)23-13-17-26(39-4)18-14-23/h5-21H,1-2H3. The molecule has 0 aliphatic carbocycles. The van der Waals surface area contributed by atoms with Gasteiger partial charge in [0.05, 0.1) is 35.4 Å². The molecule has 206 valence electrons. The van der Waals surface area contributed by atoms with E-state index in [2.05, 4.69) is 70.6 Å². The fourth-order valence-corrected chi connectivity index (χ4v) is 6.29. The summed E-state index contributed by atoms with van der Waals surface area (Å²) in [6.07, 6.45) is 1.84. The minimum Gasteiger partial charge on any atom is -0.307 e. The average Bonchev–Trinajstić information content (AvgIpc) is 3.41. The zero-order valence-corrected chi connectivity index (χ0v) is 23.9. The number of hydrogen-bond acceptors (Lipinski definition) is 4. The van der Waals surface area contributed by atoms with E-state index < -0.39 is 0 Å². The lowest BCUT2D eigenvalue weighted by molar-refractivity contribution is 0.630. The number of nitrogens with zero attached hydrogens (tertiary/aromatic N) is 7. The van der Waals surface area contributed by atoms with Gasteiger partial charge in [-0.15, -0.1) is 0 Å². The molecule has 1 aliphatic rings. The van der Waals surface area contributed by atoms with Crippen molar-refractivity contribution in [3.8, 4) is 39.9 Å². The van der Waals surface area contributed by atoms with Gasteiger partial charge in [0.15, 0.2) is 28.8 Å². The van der Waals surface area contributed by atoms with E-state index in [1.807, 2.05) is 36.5 Å². The van der Waals surface area contributed by atoms with E-state index >= 15 is 0 Å². The first-order valence-corrected chi connectivity index (χ1v) is 14.2. The molecular weight excluding hydrogens is 542 g/mol. The summed E-state index contributed by atoms with van der Waals surface area (Å²) in [5.74, 6) is 1.56. The van der Waals surface area contributed by atoms with Crippen LogP contribution in [0.2, 0.25) is 0 Å². The van der Waals surface area contributed by atoms with E-state index in [-0.39, 0.29) is 5.41 Å². The Balaban J connectivity index is 1.42. The van der Waals surface area contributed by atoms with Crippen molar-refractivity contribution in [3.05, 3.63) is 137 Å². The summed E-state index contributed by atoms with van der Waals surface area (Å²) in [6.45, 7) is 19.2. The molecule has 0 saturated carbocycles. The van der Waals surface area contributed by atoms with Crippen LogP contribution < -0.4 is 0 Å². The molecule has 4 aromatic carbocycles. The molecule has 0 radical (unpaired) electrons. The van der Waals surface area contributed by atoms with Gasteiger partial charge in [-0.3, -0.25) is 4.98 Å². The molecule has 0 N–H and O–H groups in total. The van der Waals surface area contributed by atoms with Crippen LogP contribution in [-0.4, -0.2) is 24.5 Å². The minimum atomic E-state index is -0.293. The minimum absolute atomic E-state index is 0.293. The Kier molecular flexibility index (Phi) is 5.46. The molecule has 8 rings (SSSR count). The molecule has 4 heterocycles. The largest absolute Gasteiger partial charge is 0.307 e. The highest BCUT2D eigenvalue weighted by molar-refractivity contribution is 6.10. The van der Waals surface area contributed by atoms with E-state index in [0.717, 1.165) is 38.6 Å². The predicted molar refractivity (Wildman–Crippen MR) is 173 cm³/mol. The highest BCUT2D eigenvalue weighted by atomic mass is 15.0. The third-order valence-corrected chi connectivity index (χ3v) is 8.51. The molecular formula is C37H23N7. The molecule has 0 saturated heterocycles. The highest BCUT2D eigenvalue weighted by Crippen LogP contribution is 2.48. The Morgan fingerprint density at radius 2 is 1.23 bits per heavy atom. The van der Waals surface area contributed by atoms with Crippen molar-refractivity contribution in [1.82, 2.24) is 24.5 Å². The van der Waals surface area contributed by atoms with Gasteiger partial charge in [0.1, 0.15) is 0 Å². The number of aromatic nitrogens is 5. The lowest BCUT2D eigenvalue weighted by Crippen LogP contribution is -2.26. The quantitative estimate of drug-likeness (QED) is 0.200. The Hall–Kier alpha value is -6.18. The first-order valence-electron chi connectivity index (χ1n) is 14.2. The number of para-hydroxylation sites is 1. The summed E-state index contributed by atoms with van der Waals surface area (Å²) >= 11 is 0. The fraction of sp³-hybridized carbons (Fsp3) is 0.0811. The van der Waals surface area contributed by atoms with Crippen molar-refractivity contribution in [2.45, 2.75) is 19.3 Å². The average molecular weight is 566 g/mol. The molecule has 3 aromatic heterocycles. The maximum absolute atomic E-state index is 7.35. The molecule has 0 amide bonds. The van der Waals surface area contributed by atoms with Crippen LogP contribution in [0.15, 0.2) is 103 Å². The summed E-state index contributed by atoms with van der Waals surface area (Å²) in [7, 11) is 0. The molecule has 0 fully saturated rings. The van der Waals surface area contributed by atoms with E-state index in [4.69, 9.17) is 33.1 Å². The first kappa shape index (κ1) is 25.5. The van der Waals surface area contributed by atoms with Crippen molar-refractivity contribution >= 4 is 33.3 Å². The molecule has 1 aliphatic heterocycles. The normalized spacial score (nSPS) is 12.9. The molecule has 7 aromatic rings. The zero-order chi connectivity index (χ0) is 30.0. The fourth-order valence-electron chi connectivity index (χ4n) is 6.29. The van der Waals surface area contributed by atoms with Crippen LogP contribution in [0.4, 0.5) is 11.4 Å². The van der Waals surface area contributed by atoms with Crippen LogP contribution in [0.3, 0.4) is 0 Å². The van der Waals surface area contributed by atoms with Gasteiger partial charge in [-0.2, -0.15) is 0 Å². The van der Waals surface area contributed by atoms with Crippen molar-refractivity contribution < 1.29 is 0 Å². The zero-order valence-electron chi connectivity index (χ0n) is 23.9. The Bertz CT molecular complexity index is 2290. The molecule has 0 unspecified atom stereocenters. The van der Waals surface area contributed by atoms with Crippen LogP contribution in [0.5, 0.6) is 0 Å². The van der Waals surface area contributed by atoms with Crippen molar-refractivity contribution in [2.24, 2.45) is 0 Å². The number of fused-ring (bicyclic) bond motifs is 5. The summed E-state index contributed by atoms with van der Waals surface area (Å²) in [4.78, 5) is 26.7. The summed E-state index contributed by atoms with van der Waals surface area (Å²) in [6, 6.07) is 31.6. The smallest absolute Gasteiger partial charge is 0.187 e. The summed E-state index contributed by atoms with van der Waals surface area (Å²) < 4.78 is 2.33. The number of benzene rings is 4. The van der Waals surface area contributed by atoms with E-state index in [9.17, 15) is 0 Å². The van der Waals surface area contributed by atoms with Gasteiger partial charge in [-0.1, -0.05) is 80.6 Å². The van der Waals surface area contributed by atoms with E-state index in [1.54, 1.807) is 24.3 Å². The van der Waals surface area contributed by atoms with Crippen LogP contribution in [-0.2, 0) is 5.41 Å². The number of pyridine rings is 1. The second-order valence-corrected chi connectivity index (χ2v) is 11.4. The third kappa shape index (κ3) is 3.74. The molecule has 0 spiro atoms. The van der Waals surface area contributed by atoms with Crippen molar-refractivity contribution in [3.63, 3.8) is 0 Å². The first-order chi connectivity index (χ1) is 21.5. The SMILES string of the molecule is [C-]#[N+]c1ccc(-c2nc(-c3ccc([N+]#[C-])cc3)nc(-c3cc4c5c(c3)c3ncccc3n5-c3ccccc3C4(C)C)n2)cc1. The highest BCUT2D eigenvalue weighted by Gasteiger charge is 2.36. The van der Waals surface area contributed by atoms with Gasteiger partial charge in [-0.25, -0.2) is 24.6 Å². The van der Waals surface area contributed by atoms with E-state index in [1.165, 1.54) is 16.8 Å². The predicted octanol–water partition coefficient (Wildman–Crippen LogP) is 9.11. The molecule has 7 nitrogen and oxygen atoms in total. The van der Waals surface area contributed by atoms with Crippen molar-refractivity contribution in [1.29, 1.82) is 0 Å². The van der Waals surface area contributed by atoms with E-state index in [0.29, 0.717) is 28.8 Å². The number of hydrogen-bond donors (Lipinski definition) is 0. The lowest BCUT2D eigenvalue weighted by atomic mass is 9.74. The third-order valence-electron chi connectivity index (χ3n) is 8.51. The maximum atomic E-state index is 7.35. The summed E-state index contributed by atoms with van der Waals surface area (Å²) in [5, 5.41) is 1.04. The second-order valence-electron chi connectivity index (χ2n) is 11.4. The van der Waals surface area contributed by atoms with Gasteiger partial charge in [0, 0.05) is 33.7 Å². The van der Waals surface area contributed by atoms with Gasteiger partial charge in [0.25, 0.3) is 0 Å². The summed E-state index contributed by atoms with van der Waals surface area (Å²) in [5.41, 5.74) is 9.96. The molecule has 7 heteroatoms. The number of rotatable bonds is 3. The maximum Gasteiger partial charge on any atom is 0.187 e. The molecule has 0 atom stereocenters. The van der Waals surface area contributed by atoms with Gasteiger partial charge >= 0.3 is 0 Å². The monoisotopic (exact) mass is 565 g/mol. The van der Waals surface area contributed by atoms with Crippen LogP contribution in [0.1, 0.15) is 25.0 Å². The van der Waals surface area contributed by atoms with Gasteiger partial charge in [0.2, 0.25) is 0 Å². The Morgan fingerprint density at radius 3 is 1.84 bits per heavy atom. The van der Waals surface area contributed by atoms with Crippen LogP contribution >= 0.6 is 0 Å². The van der Waals surface area contributed by atoms with Crippen LogP contribution in [0, 0.1) is 13.1 Å². The topological polar surface area (TPSA) is 65.2 Å². The molecule has 0 bridgehead atoms. The molecule has 44 heavy (non-hydrogen) atoms. The second kappa shape index (κ2) is 9.42. The van der Waals surface area contributed by atoms with Gasteiger partial charge in [-0.05, 0) is 41.5 Å². The Morgan fingerprint density at radius 1 is 0.636 bits per heavy atom. The van der Waals surface area contributed by atoms with Gasteiger partial charge < -0.3 is 4.57 Å².